The third-order valence-electron chi connectivity index (χ3n) is 5.79. The summed E-state index contributed by atoms with van der Waals surface area (Å²) in [4.78, 5) is 50.7. The smallest absolute Gasteiger partial charge is 0.328 e. The predicted octanol–water partition coefficient (Wildman–Crippen LogP) is 1.56. The highest BCUT2D eigenvalue weighted by molar-refractivity contribution is 6.55. The van der Waals surface area contributed by atoms with Crippen molar-refractivity contribution in [3.8, 4) is 0 Å². The molecule has 0 unspecified atom stereocenters. The molecule has 3 aliphatic rings. The van der Waals surface area contributed by atoms with Crippen molar-refractivity contribution in [3.63, 3.8) is 0 Å². The molecule has 2 N–H and O–H groups in total. The number of imide groups is 2. The maximum Gasteiger partial charge on any atom is 0.328 e. The minimum absolute atomic E-state index is 0.00683. The first-order chi connectivity index (χ1) is 13.6. The lowest BCUT2D eigenvalue weighted by Crippen LogP contribution is -2.75. The molecule has 3 heterocycles. The van der Waals surface area contributed by atoms with E-state index in [0.717, 1.165) is 5.69 Å². The molecule has 154 valence electrons. The van der Waals surface area contributed by atoms with Crippen molar-refractivity contribution < 1.29 is 23.9 Å². The highest BCUT2D eigenvalue weighted by atomic mass is 35.5. The Morgan fingerprint density at radius 2 is 1.86 bits per heavy atom. The number of Topliss-reactive ketones (excluding diaryl/α,β-unsaturated/α-hetero) is 1. The number of rotatable bonds is 2. The Kier molecular flexibility index (Phi) is 4.83. The largest absolute Gasteiger partial charge is 0.372 e. The number of carbonyl (C=O) groups is 4. The van der Waals surface area contributed by atoms with Gasteiger partial charge >= 0.3 is 6.03 Å². The van der Waals surface area contributed by atoms with Crippen LogP contribution in [0.25, 0.3) is 0 Å². The Hall–Kier alpha value is -2.16. The number of benzene rings is 1. The molecule has 0 saturated carbocycles. The SMILES string of the molecule is C[C@@H]1CN2c3ccc(C(=O)C(Cl)Cl)cc3CC3(C(=O)NC(=O)NC3=O)[C@H]2[C@H](C)O1. The highest BCUT2D eigenvalue weighted by Gasteiger charge is 2.62. The first kappa shape index (κ1) is 20.1. The van der Waals surface area contributed by atoms with Crippen LogP contribution in [0.5, 0.6) is 0 Å². The second-order valence-corrected chi connectivity index (χ2v) is 8.74. The number of barbiturate groups is 1. The average Bonchev–Trinajstić information content (AvgIpc) is 2.64. The minimum atomic E-state index is -1.58. The lowest BCUT2D eigenvalue weighted by Gasteiger charge is -2.55. The quantitative estimate of drug-likeness (QED) is 0.411. The zero-order valence-electron chi connectivity index (χ0n) is 15.7. The molecule has 0 bridgehead atoms. The van der Waals surface area contributed by atoms with E-state index in [4.69, 9.17) is 27.9 Å². The number of anilines is 1. The van der Waals surface area contributed by atoms with Gasteiger partial charge in [0.1, 0.15) is 0 Å². The Bertz CT molecular complexity index is 914. The zero-order valence-corrected chi connectivity index (χ0v) is 17.2. The normalized spacial score (nSPS) is 28.0. The number of urea groups is 1. The fraction of sp³-hybridized carbons (Fsp3) is 0.474. The topological polar surface area (TPSA) is 105 Å². The Morgan fingerprint density at radius 1 is 1.21 bits per heavy atom. The Morgan fingerprint density at radius 3 is 2.48 bits per heavy atom. The fourth-order valence-corrected chi connectivity index (χ4v) is 4.98. The third-order valence-corrected chi connectivity index (χ3v) is 6.19. The van der Waals surface area contributed by atoms with Crippen LogP contribution in [-0.2, 0) is 20.7 Å². The summed E-state index contributed by atoms with van der Waals surface area (Å²) in [6.45, 7) is 4.15. The van der Waals surface area contributed by atoms with E-state index in [1.165, 1.54) is 0 Å². The van der Waals surface area contributed by atoms with Gasteiger partial charge in [0.2, 0.25) is 11.8 Å². The van der Waals surface area contributed by atoms with E-state index >= 15 is 0 Å². The van der Waals surface area contributed by atoms with Crippen molar-refractivity contribution in [2.24, 2.45) is 5.41 Å². The Balaban J connectivity index is 1.89. The predicted molar refractivity (Wildman–Crippen MR) is 105 cm³/mol. The number of ketones is 1. The number of fused-ring (bicyclic) bond motifs is 4. The lowest BCUT2D eigenvalue weighted by molar-refractivity contribution is -0.153. The Labute approximate surface area is 176 Å². The van der Waals surface area contributed by atoms with Crippen molar-refractivity contribution in [1.29, 1.82) is 0 Å². The van der Waals surface area contributed by atoms with E-state index in [1.54, 1.807) is 25.1 Å². The van der Waals surface area contributed by atoms with Gasteiger partial charge in [-0.05, 0) is 44.0 Å². The van der Waals surface area contributed by atoms with Gasteiger partial charge in [0, 0.05) is 17.8 Å². The van der Waals surface area contributed by atoms with Crippen LogP contribution in [0.1, 0.15) is 29.8 Å². The molecule has 0 radical (unpaired) electrons. The molecule has 8 nitrogen and oxygen atoms in total. The third kappa shape index (κ3) is 3.01. The second kappa shape index (κ2) is 6.97. The van der Waals surface area contributed by atoms with Gasteiger partial charge < -0.3 is 9.64 Å². The van der Waals surface area contributed by atoms with E-state index in [2.05, 4.69) is 10.6 Å². The molecule has 4 rings (SSSR count). The minimum Gasteiger partial charge on any atom is -0.372 e. The maximum absolute atomic E-state index is 13.0. The molecule has 4 amide bonds. The van der Waals surface area contributed by atoms with Crippen molar-refractivity contribution in [2.75, 3.05) is 11.4 Å². The van der Waals surface area contributed by atoms with Crippen LogP contribution in [0, 0.1) is 5.41 Å². The van der Waals surface area contributed by atoms with E-state index in [1.807, 2.05) is 11.8 Å². The van der Waals surface area contributed by atoms with Gasteiger partial charge in [0.15, 0.2) is 16.0 Å². The molecule has 2 fully saturated rings. The molecule has 1 spiro atoms. The lowest BCUT2D eigenvalue weighted by atomic mass is 9.66. The summed E-state index contributed by atoms with van der Waals surface area (Å²) in [6.07, 6.45) is -0.586. The first-order valence-corrected chi connectivity index (χ1v) is 10.1. The van der Waals surface area contributed by atoms with E-state index < -0.39 is 46.0 Å². The molecule has 3 atom stereocenters. The monoisotopic (exact) mass is 439 g/mol. The van der Waals surface area contributed by atoms with Gasteiger partial charge in [-0.25, -0.2) is 4.79 Å². The average molecular weight is 440 g/mol. The molecule has 1 aromatic carbocycles. The number of alkyl halides is 2. The van der Waals surface area contributed by atoms with Crippen molar-refractivity contribution in [2.45, 2.75) is 43.4 Å². The van der Waals surface area contributed by atoms with Gasteiger partial charge in [0.05, 0.1) is 18.2 Å². The molecule has 2 saturated heterocycles. The van der Waals surface area contributed by atoms with Crippen LogP contribution in [0.3, 0.4) is 0 Å². The number of hydrogen-bond donors (Lipinski definition) is 2. The van der Waals surface area contributed by atoms with Crippen molar-refractivity contribution in [1.82, 2.24) is 10.6 Å². The van der Waals surface area contributed by atoms with Crippen LogP contribution in [0.4, 0.5) is 10.5 Å². The number of ether oxygens (including phenoxy) is 1. The molecule has 0 aliphatic carbocycles. The molecule has 0 aromatic heterocycles. The number of nitrogens with zero attached hydrogens (tertiary/aromatic N) is 1. The summed E-state index contributed by atoms with van der Waals surface area (Å²) in [5.41, 5.74) is 0.137. The van der Waals surface area contributed by atoms with Crippen LogP contribution in [0.15, 0.2) is 18.2 Å². The van der Waals surface area contributed by atoms with E-state index in [-0.39, 0.29) is 18.1 Å². The fourth-order valence-electron chi connectivity index (χ4n) is 4.73. The molecular formula is C19H19Cl2N3O5. The number of carbonyl (C=O) groups excluding carboxylic acids is 4. The van der Waals surface area contributed by atoms with Crippen LogP contribution >= 0.6 is 23.2 Å². The van der Waals surface area contributed by atoms with Crippen LogP contribution in [-0.4, -0.2) is 53.3 Å². The number of hydrogen-bond acceptors (Lipinski definition) is 6. The number of amides is 4. The zero-order chi connectivity index (χ0) is 21.1. The second-order valence-electron chi connectivity index (χ2n) is 7.64. The van der Waals surface area contributed by atoms with Crippen molar-refractivity contribution >= 4 is 52.5 Å². The van der Waals surface area contributed by atoms with Gasteiger partial charge in [-0.3, -0.25) is 25.0 Å². The van der Waals surface area contributed by atoms with E-state index in [0.29, 0.717) is 12.1 Å². The summed E-state index contributed by atoms with van der Waals surface area (Å²) in [5, 5.41) is 4.44. The highest BCUT2D eigenvalue weighted by Crippen LogP contribution is 2.46. The first-order valence-electron chi connectivity index (χ1n) is 9.19. The molecular weight excluding hydrogens is 421 g/mol. The number of halogens is 2. The van der Waals surface area contributed by atoms with Crippen LogP contribution < -0.4 is 15.5 Å². The summed E-state index contributed by atoms with van der Waals surface area (Å²) in [6, 6.07) is 3.54. The molecule has 29 heavy (non-hydrogen) atoms. The molecule has 3 aliphatic heterocycles. The van der Waals surface area contributed by atoms with Gasteiger partial charge in [-0.15, -0.1) is 0 Å². The summed E-state index contributed by atoms with van der Waals surface area (Å²) >= 11 is 11.4. The summed E-state index contributed by atoms with van der Waals surface area (Å²) in [5.74, 6) is -1.83. The standard InChI is InChI=1S/C19H19Cl2N3O5/c1-8-7-24-12-4-3-10(13(25)15(20)21)5-11(12)6-19(14(24)9(2)29-8)16(26)22-18(28)23-17(19)27/h3-5,8-9,14-15H,6-7H2,1-2H3,(H2,22,23,26,27,28)/t8-,9+,14-/m1/s1. The number of morpholine rings is 1. The van der Waals surface area contributed by atoms with Gasteiger partial charge in [0.25, 0.3) is 0 Å². The van der Waals surface area contributed by atoms with Crippen molar-refractivity contribution in [3.05, 3.63) is 29.3 Å². The molecule has 10 heteroatoms. The summed E-state index contributed by atoms with van der Waals surface area (Å²) < 4.78 is 5.94. The molecule has 1 aromatic rings. The number of nitrogens with one attached hydrogen (secondary N) is 2. The van der Waals surface area contributed by atoms with Crippen LogP contribution in [0.2, 0.25) is 0 Å². The van der Waals surface area contributed by atoms with Gasteiger partial charge in [-0.1, -0.05) is 23.2 Å². The maximum atomic E-state index is 13.0. The van der Waals surface area contributed by atoms with E-state index in [9.17, 15) is 19.2 Å². The van der Waals surface area contributed by atoms with Gasteiger partial charge in [-0.2, -0.15) is 0 Å². The summed E-state index contributed by atoms with van der Waals surface area (Å²) in [7, 11) is 0.